The molecule has 0 aromatic carbocycles. The van der Waals surface area contributed by atoms with Crippen molar-refractivity contribution in [2.75, 3.05) is 13.1 Å². The molecule has 2 amide bonds. The van der Waals surface area contributed by atoms with E-state index in [1.165, 1.54) is 0 Å². The van der Waals surface area contributed by atoms with E-state index in [1.54, 1.807) is 87.6 Å². The fraction of sp³-hybridized carbons (Fsp3) is 0.217. The second-order valence-electron chi connectivity index (χ2n) is 8.15. The second-order valence-corrected chi connectivity index (χ2v) is 8.15. The van der Waals surface area contributed by atoms with Crippen LogP contribution in [0.4, 0.5) is 0 Å². The minimum absolute atomic E-state index is 0.180. The van der Waals surface area contributed by atoms with E-state index in [0.717, 1.165) is 0 Å². The van der Waals surface area contributed by atoms with Crippen LogP contribution in [0.5, 0.6) is 0 Å². The Morgan fingerprint density at radius 1 is 0.879 bits per heavy atom. The zero-order chi connectivity index (χ0) is 22.8. The van der Waals surface area contributed by atoms with Crippen LogP contribution in [0.25, 0.3) is 11.6 Å². The lowest BCUT2D eigenvalue weighted by molar-refractivity contribution is 0.0763. The number of likely N-dealkylation sites (tertiary alicyclic amines) is 1. The van der Waals surface area contributed by atoms with Crippen molar-refractivity contribution in [3.63, 3.8) is 0 Å². The van der Waals surface area contributed by atoms with Crippen molar-refractivity contribution in [1.82, 2.24) is 39.7 Å². The lowest BCUT2D eigenvalue weighted by Crippen LogP contribution is -2.48. The van der Waals surface area contributed by atoms with Gasteiger partial charge in [0.25, 0.3) is 11.8 Å². The summed E-state index contributed by atoms with van der Waals surface area (Å²) in [4.78, 5) is 36.6. The van der Waals surface area contributed by atoms with Crippen molar-refractivity contribution >= 4 is 11.8 Å². The van der Waals surface area contributed by atoms with Crippen LogP contribution in [0.1, 0.15) is 34.3 Å². The molecule has 1 unspecified atom stereocenters. The molecule has 4 aromatic rings. The van der Waals surface area contributed by atoms with Gasteiger partial charge in [0.1, 0.15) is 11.4 Å². The second kappa shape index (κ2) is 8.30. The Balaban J connectivity index is 1.27. The third-order valence-electron chi connectivity index (χ3n) is 5.57. The minimum Gasteiger partial charge on any atom is -0.344 e. The minimum atomic E-state index is -0.574. The Bertz CT molecular complexity index is 1290. The molecule has 0 saturated carbocycles. The molecule has 0 radical (unpaired) electrons. The van der Waals surface area contributed by atoms with Gasteiger partial charge in [-0.05, 0) is 49.7 Å². The smallest absolute Gasteiger partial charge is 0.272 e. The van der Waals surface area contributed by atoms with E-state index in [0.29, 0.717) is 42.5 Å². The largest absolute Gasteiger partial charge is 0.344 e. The molecule has 1 aliphatic heterocycles. The SMILES string of the molecule is CC1(NC(=O)c2cccc(-n3cccn3)n2)CCN(C(=O)c2cccc(-n3cccn3)n2)C1. The molecule has 5 heterocycles. The van der Waals surface area contributed by atoms with E-state index in [2.05, 4.69) is 25.5 Å². The maximum absolute atomic E-state index is 13.1. The Hall–Kier alpha value is -4.34. The lowest BCUT2D eigenvalue weighted by Gasteiger charge is -2.26. The molecule has 1 saturated heterocycles. The van der Waals surface area contributed by atoms with Crippen LogP contribution in [0, 0.1) is 0 Å². The molecule has 33 heavy (non-hydrogen) atoms. The van der Waals surface area contributed by atoms with Crippen LogP contribution in [-0.2, 0) is 0 Å². The van der Waals surface area contributed by atoms with Gasteiger partial charge in [0.05, 0.1) is 5.54 Å². The molecule has 1 N–H and O–H groups in total. The molecule has 4 aromatic heterocycles. The molecule has 1 atom stereocenters. The highest BCUT2D eigenvalue weighted by Crippen LogP contribution is 2.23. The highest BCUT2D eigenvalue weighted by molar-refractivity contribution is 5.94. The maximum atomic E-state index is 13.1. The van der Waals surface area contributed by atoms with E-state index in [4.69, 9.17) is 0 Å². The van der Waals surface area contributed by atoms with Gasteiger partial charge in [0.15, 0.2) is 11.6 Å². The van der Waals surface area contributed by atoms with Gasteiger partial charge in [0.2, 0.25) is 0 Å². The summed E-state index contributed by atoms with van der Waals surface area (Å²) < 4.78 is 3.20. The summed E-state index contributed by atoms with van der Waals surface area (Å²) in [5.74, 6) is 0.661. The fourth-order valence-electron chi connectivity index (χ4n) is 3.89. The molecule has 0 aliphatic carbocycles. The predicted octanol–water partition coefficient (Wildman–Crippen LogP) is 1.88. The summed E-state index contributed by atoms with van der Waals surface area (Å²) in [5, 5.41) is 11.4. The van der Waals surface area contributed by atoms with Gasteiger partial charge in [-0.1, -0.05) is 12.1 Å². The van der Waals surface area contributed by atoms with Gasteiger partial charge in [0, 0.05) is 37.9 Å². The quantitative estimate of drug-likeness (QED) is 0.505. The number of carbonyl (C=O) groups is 2. The first-order valence-electron chi connectivity index (χ1n) is 10.6. The molecule has 10 nitrogen and oxygen atoms in total. The summed E-state index contributed by atoms with van der Waals surface area (Å²) in [6.45, 7) is 2.83. The van der Waals surface area contributed by atoms with Gasteiger partial charge in [-0.2, -0.15) is 10.2 Å². The van der Waals surface area contributed by atoms with Crippen LogP contribution in [0.2, 0.25) is 0 Å². The van der Waals surface area contributed by atoms with Gasteiger partial charge >= 0.3 is 0 Å². The molecular weight excluding hydrogens is 420 g/mol. The molecule has 10 heteroatoms. The molecule has 1 aliphatic rings. The Kier molecular flexibility index (Phi) is 5.17. The number of hydrogen-bond acceptors (Lipinski definition) is 6. The Morgan fingerprint density at radius 3 is 2.09 bits per heavy atom. The van der Waals surface area contributed by atoms with Crippen LogP contribution < -0.4 is 5.32 Å². The summed E-state index contributed by atoms with van der Waals surface area (Å²) in [7, 11) is 0. The van der Waals surface area contributed by atoms with E-state index >= 15 is 0 Å². The topological polar surface area (TPSA) is 111 Å². The van der Waals surface area contributed by atoms with E-state index in [9.17, 15) is 9.59 Å². The molecule has 5 rings (SSSR count). The van der Waals surface area contributed by atoms with Crippen molar-refractivity contribution in [2.45, 2.75) is 18.9 Å². The van der Waals surface area contributed by atoms with E-state index < -0.39 is 5.54 Å². The number of rotatable bonds is 5. The monoisotopic (exact) mass is 442 g/mol. The van der Waals surface area contributed by atoms with Crippen molar-refractivity contribution < 1.29 is 9.59 Å². The lowest BCUT2D eigenvalue weighted by atomic mass is 10.0. The number of carbonyl (C=O) groups excluding carboxylic acids is 2. The Morgan fingerprint density at radius 2 is 1.48 bits per heavy atom. The van der Waals surface area contributed by atoms with Crippen LogP contribution in [0.15, 0.2) is 73.3 Å². The molecule has 1 fully saturated rings. The molecular formula is C23H22N8O2. The maximum Gasteiger partial charge on any atom is 0.272 e. The first kappa shape index (κ1) is 20.6. The number of amides is 2. The van der Waals surface area contributed by atoms with Gasteiger partial charge in [-0.25, -0.2) is 19.3 Å². The van der Waals surface area contributed by atoms with Crippen LogP contribution in [0.3, 0.4) is 0 Å². The predicted molar refractivity (Wildman–Crippen MR) is 119 cm³/mol. The Labute approximate surface area is 189 Å². The van der Waals surface area contributed by atoms with Crippen molar-refractivity contribution in [1.29, 1.82) is 0 Å². The number of hydrogen-bond donors (Lipinski definition) is 1. The van der Waals surface area contributed by atoms with Crippen LogP contribution in [-0.4, -0.2) is 64.9 Å². The number of nitrogens with one attached hydrogen (secondary N) is 1. The summed E-state index contributed by atoms with van der Waals surface area (Å²) in [6.07, 6.45) is 7.47. The summed E-state index contributed by atoms with van der Waals surface area (Å²) in [5.41, 5.74) is 0.0603. The summed E-state index contributed by atoms with van der Waals surface area (Å²) in [6, 6.07) is 14.1. The van der Waals surface area contributed by atoms with E-state index in [-0.39, 0.29) is 11.8 Å². The average Bonchev–Trinajstić information content (AvgIpc) is 3.61. The first-order chi connectivity index (χ1) is 16.0. The number of pyridine rings is 2. The third kappa shape index (κ3) is 4.22. The van der Waals surface area contributed by atoms with E-state index in [1.807, 2.05) is 6.92 Å². The van der Waals surface area contributed by atoms with Gasteiger partial charge < -0.3 is 10.2 Å². The first-order valence-corrected chi connectivity index (χ1v) is 10.6. The van der Waals surface area contributed by atoms with Crippen molar-refractivity contribution in [3.05, 3.63) is 84.7 Å². The normalized spacial score (nSPS) is 17.8. The molecule has 166 valence electrons. The zero-order valence-electron chi connectivity index (χ0n) is 18.0. The molecule has 0 spiro atoms. The highest BCUT2D eigenvalue weighted by Gasteiger charge is 2.38. The molecule has 0 bridgehead atoms. The zero-order valence-corrected chi connectivity index (χ0v) is 18.0. The van der Waals surface area contributed by atoms with Crippen LogP contribution >= 0.6 is 0 Å². The standard InChI is InChI=1S/C23H22N8O2/c1-23(28-21(32)17-6-2-8-19(26-17)30-13-4-11-24-30)10-15-29(16-23)22(33)18-7-3-9-20(27-18)31-14-5-12-25-31/h2-9,11-14H,10,15-16H2,1H3,(H,28,32). The average molecular weight is 442 g/mol. The fourth-order valence-corrected chi connectivity index (χ4v) is 3.89. The van der Waals surface area contributed by atoms with Crippen molar-refractivity contribution in [2.24, 2.45) is 0 Å². The number of aromatic nitrogens is 6. The number of nitrogens with zero attached hydrogens (tertiary/aromatic N) is 7. The third-order valence-corrected chi connectivity index (χ3v) is 5.57. The van der Waals surface area contributed by atoms with Gasteiger partial charge in [-0.15, -0.1) is 0 Å². The summed E-state index contributed by atoms with van der Waals surface area (Å²) >= 11 is 0. The van der Waals surface area contributed by atoms with Gasteiger partial charge in [-0.3, -0.25) is 9.59 Å². The highest BCUT2D eigenvalue weighted by atomic mass is 16.2. The van der Waals surface area contributed by atoms with Crippen molar-refractivity contribution in [3.8, 4) is 11.6 Å².